The minimum Gasteiger partial charge on any atom is -0.456 e. The minimum absolute atomic E-state index is 0.620. The summed E-state index contributed by atoms with van der Waals surface area (Å²) in [5.74, 6) is 0.620. The summed E-state index contributed by atoms with van der Waals surface area (Å²) in [4.78, 5) is 11.0. The second kappa shape index (κ2) is 12.7. The van der Waals surface area contributed by atoms with Crippen LogP contribution in [0.3, 0.4) is 0 Å². The monoisotopic (exact) mass is 763 g/mol. The molecule has 0 amide bonds. The third-order valence-corrected chi connectivity index (χ3v) is 12.4. The first-order valence-corrected chi connectivity index (χ1v) is 20.4. The van der Waals surface area contributed by atoms with Crippen molar-refractivity contribution in [2.75, 3.05) is 0 Å². The molecule has 3 aromatic heterocycles. The van der Waals surface area contributed by atoms with Crippen molar-refractivity contribution in [2.24, 2.45) is 0 Å². The predicted molar refractivity (Wildman–Crippen MR) is 250 cm³/mol. The zero-order valence-corrected chi connectivity index (χ0v) is 32.3. The summed E-state index contributed by atoms with van der Waals surface area (Å²) >= 11 is 0. The lowest BCUT2D eigenvalue weighted by molar-refractivity contribution is 0.669. The Bertz CT molecular complexity index is 3900. The molecule has 278 valence electrons. The van der Waals surface area contributed by atoms with E-state index in [1.165, 1.54) is 37.9 Å². The number of hydrogen-bond acceptors (Lipinski definition) is 3. The van der Waals surface area contributed by atoms with E-state index in [2.05, 4.69) is 187 Å². The van der Waals surface area contributed by atoms with E-state index in [0.29, 0.717) is 5.95 Å². The first-order valence-electron chi connectivity index (χ1n) is 20.4. The van der Waals surface area contributed by atoms with Gasteiger partial charge in [-0.15, -0.1) is 0 Å². The maximum absolute atomic E-state index is 6.42. The topological polar surface area (TPSA) is 43.9 Å². The molecular formula is C56H33N3O. The van der Waals surface area contributed by atoms with E-state index in [-0.39, 0.29) is 0 Å². The smallest absolute Gasteiger partial charge is 0.235 e. The van der Waals surface area contributed by atoms with Crippen LogP contribution in [0.5, 0.6) is 0 Å². The Morgan fingerprint density at radius 3 is 1.83 bits per heavy atom. The van der Waals surface area contributed by atoms with Crippen molar-refractivity contribution in [3.63, 3.8) is 0 Å². The van der Waals surface area contributed by atoms with E-state index in [0.717, 1.165) is 82.6 Å². The minimum atomic E-state index is 0.620. The molecule has 0 unspecified atom stereocenters. The maximum Gasteiger partial charge on any atom is 0.235 e. The van der Waals surface area contributed by atoms with Gasteiger partial charge in [0.05, 0.1) is 22.2 Å². The van der Waals surface area contributed by atoms with Gasteiger partial charge in [0.15, 0.2) is 0 Å². The average molecular weight is 764 g/mol. The van der Waals surface area contributed by atoms with Gasteiger partial charge in [-0.1, -0.05) is 146 Å². The third-order valence-electron chi connectivity index (χ3n) is 12.4. The van der Waals surface area contributed by atoms with Gasteiger partial charge in [-0.05, 0) is 109 Å². The Morgan fingerprint density at radius 2 is 0.967 bits per heavy atom. The summed E-state index contributed by atoms with van der Waals surface area (Å²) in [7, 11) is 0. The molecule has 0 aliphatic carbocycles. The zero-order chi connectivity index (χ0) is 39.3. The second-order valence-electron chi connectivity index (χ2n) is 15.8. The SMILES string of the molecule is c1ccc(-c2ccc3nc(-n4c5ccc(-c6ccc7ccc8ccccc8c7c6)cc5c5cc6ccccc6cc54)nc(-c4cccc5oc6ccccc6c45)c3c2)cc1. The molecule has 0 saturated heterocycles. The number of para-hydroxylation sites is 1. The third kappa shape index (κ3) is 4.98. The van der Waals surface area contributed by atoms with E-state index in [1.807, 2.05) is 18.2 Å². The summed E-state index contributed by atoms with van der Waals surface area (Å²) in [5.41, 5.74) is 11.1. The lowest BCUT2D eigenvalue weighted by Crippen LogP contribution is -2.04. The molecule has 0 aliphatic rings. The largest absolute Gasteiger partial charge is 0.456 e. The Balaban J connectivity index is 1.10. The zero-order valence-electron chi connectivity index (χ0n) is 32.3. The average Bonchev–Trinajstić information content (AvgIpc) is 3.85. The number of furan rings is 1. The molecule has 0 radical (unpaired) electrons. The summed E-state index contributed by atoms with van der Waals surface area (Å²) in [6.07, 6.45) is 0. The van der Waals surface area contributed by atoms with Crippen molar-refractivity contribution in [2.45, 2.75) is 0 Å². The fourth-order valence-electron chi connectivity index (χ4n) is 9.49. The van der Waals surface area contributed by atoms with Crippen LogP contribution >= 0.6 is 0 Å². The molecule has 13 rings (SSSR count). The highest BCUT2D eigenvalue weighted by molar-refractivity contribution is 6.17. The normalized spacial score (nSPS) is 12.0. The number of benzene rings is 10. The second-order valence-corrected chi connectivity index (χ2v) is 15.8. The first-order chi connectivity index (χ1) is 29.7. The molecule has 3 heterocycles. The summed E-state index contributed by atoms with van der Waals surface area (Å²) in [6, 6.07) is 71.6. The first kappa shape index (κ1) is 32.9. The van der Waals surface area contributed by atoms with E-state index in [4.69, 9.17) is 14.4 Å². The molecule has 0 atom stereocenters. The van der Waals surface area contributed by atoms with Gasteiger partial charge in [-0.2, -0.15) is 0 Å². The van der Waals surface area contributed by atoms with Crippen LogP contribution < -0.4 is 0 Å². The summed E-state index contributed by atoms with van der Waals surface area (Å²) < 4.78 is 8.68. The number of hydrogen-bond donors (Lipinski definition) is 0. The lowest BCUT2D eigenvalue weighted by Gasteiger charge is -2.14. The molecule has 0 N–H and O–H groups in total. The van der Waals surface area contributed by atoms with Gasteiger partial charge in [-0.25, -0.2) is 9.97 Å². The number of fused-ring (bicyclic) bond motifs is 11. The molecule has 4 heteroatoms. The maximum atomic E-state index is 6.42. The van der Waals surface area contributed by atoms with Gasteiger partial charge in [0.25, 0.3) is 0 Å². The molecule has 13 aromatic rings. The van der Waals surface area contributed by atoms with Crippen molar-refractivity contribution in [1.29, 1.82) is 0 Å². The van der Waals surface area contributed by atoms with E-state index in [1.54, 1.807) is 0 Å². The van der Waals surface area contributed by atoms with Crippen LogP contribution in [0.15, 0.2) is 205 Å². The highest BCUT2D eigenvalue weighted by Crippen LogP contribution is 2.42. The molecule has 60 heavy (non-hydrogen) atoms. The Labute approximate surface area is 344 Å². The molecular weight excluding hydrogens is 731 g/mol. The van der Waals surface area contributed by atoms with E-state index >= 15 is 0 Å². The molecule has 0 fully saturated rings. The van der Waals surface area contributed by atoms with Crippen LogP contribution in [-0.2, 0) is 0 Å². The number of rotatable bonds is 4. The fraction of sp³-hybridized carbons (Fsp3) is 0. The van der Waals surface area contributed by atoms with Crippen LogP contribution in [0.4, 0.5) is 0 Å². The molecule has 0 aliphatic heterocycles. The van der Waals surface area contributed by atoms with Gasteiger partial charge in [0.1, 0.15) is 11.2 Å². The van der Waals surface area contributed by atoms with Crippen molar-refractivity contribution in [3.05, 3.63) is 200 Å². The Morgan fingerprint density at radius 1 is 0.350 bits per heavy atom. The van der Waals surface area contributed by atoms with Gasteiger partial charge in [-0.3, -0.25) is 4.57 Å². The highest BCUT2D eigenvalue weighted by atomic mass is 16.3. The Kier molecular flexibility index (Phi) is 6.98. The van der Waals surface area contributed by atoms with Crippen molar-refractivity contribution >= 4 is 87.0 Å². The molecule has 10 aromatic carbocycles. The van der Waals surface area contributed by atoms with E-state index in [9.17, 15) is 0 Å². The van der Waals surface area contributed by atoms with Gasteiger partial charge in [0, 0.05) is 32.5 Å². The fourth-order valence-corrected chi connectivity index (χ4v) is 9.49. The van der Waals surface area contributed by atoms with Crippen LogP contribution in [-0.4, -0.2) is 14.5 Å². The lowest BCUT2D eigenvalue weighted by atomic mass is 9.96. The standard InChI is InChI=1S/C56H33N3O/c1-2-11-34(12-3-1)39-25-27-49-48(32-39)55(44-18-10-20-53-54(44)43-17-8-9-19-52(43)60-53)58-56(57-49)59-50-28-26-41(31-46(50)47-30-37-14-4-5-15-38(37)33-51(47)59)40-24-23-36-22-21-35-13-6-7-16-42(35)45(36)29-40/h1-33H. The Hall–Kier alpha value is -8.08. The van der Waals surface area contributed by atoms with Crippen LogP contribution in [0.2, 0.25) is 0 Å². The van der Waals surface area contributed by atoms with Gasteiger partial charge >= 0.3 is 0 Å². The van der Waals surface area contributed by atoms with Crippen LogP contribution in [0, 0.1) is 0 Å². The number of nitrogens with zero attached hydrogens (tertiary/aromatic N) is 3. The van der Waals surface area contributed by atoms with Crippen LogP contribution in [0.1, 0.15) is 0 Å². The highest BCUT2D eigenvalue weighted by Gasteiger charge is 2.22. The molecule has 0 spiro atoms. The van der Waals surface area contributed by atoms with Crippen LogP contribution in [0.25, 0.3) is 126 Å². The van der Waals surface area contributed by atoms with Crippen molar-refractivity contribution in [3.8, 4) is 39.5 Å². The summed E-state index contributed by atoms with van der Waals surface area (Å²) in [6.45, 7) is 0. The molecule has 4 nitrogen and oxygen atoms in total. The predicted octanol–water partition coefficient (Wildman–Crippen LogP) is 15.1. The molecule has 0 bridgehead atoms. The summed E-state index contributed by atoms with van der Waals surface area (Å²) in [5, 5.41) is 12.8. The van der Waals surface area contributed by atoms with Crippen molar-refractivity contribution in [1.82, 2.24) is 14.5 Å². The van der Waals surface area contributed by atoms with Crippen molar-refractivity contribution < 1.29 is 4.42 Å². The number of aromatic nitrogens is 3. The van der Waals surface area contributed by atoms with E-state index < -0.39 is 0 Å². The van der Waals surface area contributed by atoms with Gasteiger partial charge in [0.2, 0.25) is 5.95 Å². The quantitative estimate of drug-likeness (QED) is 0.168. The molecule has 0 saturated carbocycles. The van der Waals surface area contributed by atoms with Gasteiger partial charge < -0.3 is 4.42 Å².